The average molecular weight is 449 g/mol. The molecule has 1 aromatic heterocycles. The van der Waals surface area contributed by atoms with Gasteiger partial charge in [-0.2, -0.15) is 9.29 Å². The van der Waals surface area contributed by atoms with Crippen LogP contribution in [0.25, 0.3) is 0 Å². The summed E-state index contributed by atoms with van der Waals surface area (Å²) in [6, 6.07) is 7.06. The highest BCUT2D eigenvalue weighted by Gasteiger charge is 2.32. The van der Waals surface area contributed by atoms with Gasteiger partial charge in [-0.15, -0.1) is 0 Å². The molecule has 3 rings (SSSR count). The number of carbonyl (C=O) groups excluding carboxylic acids is 1. The Bertz CT molecular complexity index is 999. The number of hydrogen-bond acceptors (Lipinski definition) is 6. The summed E-state index contributed by atoms with van der Waals surface area (Å²) in [5.74, 6) is 0.961. The van der Waals surface area contributed by atoms with Gasteiger partial charge >= 0.3 is 0 Å². The summed E-state index contributed by atoms with van der Waals surface area (Å²) in [6.07, 6.45) is 0.962. The fourth-order valence-corrected chi connectivity index (χ4v) is 4.94. The third-order valence-electron chi connectivity index (χ3n) is 5.54. The number of rotatable bonds is 6. The molecule has 0 aliphatic carbocycles. The van der Waals surface area contributed by atoms with Gasteiger partial charge in [0.15, 0.2) is 5.82 Å². The summed E-state index contributed by atoms with van der Waals surface area (Å²) in [6.45, 7) is 10.9. The van der Waals surface area contributed by atoms with Crippen LogP contribution in [0.4, 0.5) is 0 Å². The first-order valence-electron chi connectivity index (χ1n) is 10.7. The van der Waals surface area contributed by atoms with E-state index in [2.05, 4.69) is 29.3 Å². The maximum Gasteiger partial charge on any atom is 0.243 e. The van der Waals surface area contributed by atoms with E-state index >= 15 is 0 Å². The van der Waals surface area contributed by atoms with Gasteiger partial charge in [0.1, 0.15) is 0 Å². The molecule has 170 valence electrons. The van der Waals surface area contributed by atoms with E-state index in [1.54, 1.807) is 12.1 Å². The molecule has 1 N–H and O–H groups in total. The molecule has 0 unspecified atom stereocenters. The van der Waals surface area contributed by atoms with Gasteiger partial charge in [-0.3, -0.25) is 4.79 Å². The highest BCUT2D eigenvalue weighted by molar-refractivity contribution is 7.89. The second-order valence-electron chi connectivity index (χ2n) is 9.39. The second kappa shape index (κ2) is 9.08. The smallest absolute Gasteiger partial charge is 0.243 e. The lowest BCUT2D eigenvalue weighted by atomic mass is 9.97. The Labute approximate surface area is 184 Å². The largest absolute Gasteiger partial charge is 0.348 e. The van der Waals surface area contributed by atoms with Crippen molar-refractivity contribution in [3.05, 3.63) is 41.5 Å². The van der Waals surface area contributed by atoms with Gasteiger partial charge in [-0.05, 0) is 36.5 Å². The Kier molecular flexibility index (Phi) is 6.85. The lowest BCUT2D eigenvalue weighted by Gasteiger charge is -2.30. The lowest BCUT2D eigenvalue weighted by Crippen LogP contribution is -2.42. The molecule has 1 aromatic carbocycles. The SMILES string of the molecule is CC(C)c1ccc(S(=O)(=O)N2CCC(C(=O)NCc3noc(C(C)(C)C)n3)CC2)cc1. The van der Waals surface area contributed by atoms with Crippen LogP contribution in [0.15, 0.2) is 33.7 Å². The van der Waals surface area contributed by atoms with Crippen LogP contribution < -0.4 is 5.32 Å². The topological polar surface area (TPSA) is 105 Å². The molecule has 0 bridgehead atoms. The van der Waals surface area contributed by atoms with Gasteiger partial charge in [0.25, 0.3) is 0 Å². The van der Waals surface area contributed by atoms with E-state index in [9.17, 15) is 13.2 Å². The van der Waals surface area contributed by atoms with E-state index in [4.69, 9.17) is 4.52 Å². The Hall–Kier alpha value is -2.26. The standard InChI is InChI=1S/C22H32N4O4S/c1-15(2)16-6-8-18(9-7-16)31(28,29)26-12-10-17(11-13-26)20(27)23-14-19-24-21(30-25-19)22(3,4)5/h6-9,15,17H,10-14H2,1-5H3,(H,23,27). The first-order chi connectivity index (χ1) is 14.5. The number of aromatic nitrogens is 2. The molecule has 1 fully saturated rings. The molecular weight excluding hydrogens is 416 g/mol. The summed E-state index contributed by atoms with van der Waals surface area (Å²) in [5.41, 5.74) is 0.855. The fraction of sp³-hybridized carbons (Fsp3) is 0.591. The molecule has 0 radical (unpaired) electrons. The zero-order chi connectivity index (χ0) is 22.8. The maximum absolute atomic E-state index is 12.9. The molecule has 1 saturated heterocycles. The molecule has 0 atom stereocenters. The minimum absolute atomic E-state index is 0.111. The summed E-state index contributed by atoms with van der Waals surface area (Å²) >= 11 is 0. The van der Waals surface area contributed by atoms with Crippen LogP contribution in [0.1, 0.15) is 70.7 Å². The number of sulfonamides is 1. The van der Waals surface area contributed by atoms with Crippen molar-refractivity contribution in [3.8, 4) is 0 Å². The van der Waals surface area contributed by atoms with Crippen molar-refractivity contribution in [2.45, 2.75) is 70.2 Å². The highest BCUT2D eigenvalue weighted by atomic mass is 32.2. The van der Waals surface area contributed by atoms with Crippen LogP contribution in [0.5, 0.6) is 0 Å². The first kappa shape index (κ1) is 23.4. The predicted octanol–water partition coefficient (Wildman–Crippen LogP) is 3.21. The molecule has 9 heteroatoms. The summed E-state index contributed by atoms with van der Waals surface area (Å²) in [7, 11) is -3.55. The fourth-order valence-electron chi connectivity index (χ4n) is 3.47. The normalized spacial score (nSPS) is 16.6. The summed E-state index contributed by atoms with van der Waals surface area (Å²) < 4.78 is 32.6. The molecule has 31 heavy (non-hydrogen) atoms. The molecule has 1 aliphatic rings. The Morgan fingerprint density at radius 2 is 1.81 bits per heavy atom. The highest BCUT2D eigenvalue weighted by Crippen LogP contribution is 2.25. The Morgan fingerprint density at radius 1 is 1.19 bits per heavy atom. The van der Waals surface area contributed by atoms with Crippen LogP contribution in [0.2, 0.25) is 0 Å². The van der Waals surface area contributed by atoms with Gasteiger partial charge in [0, 0.05) is 24.4 Å². The van der Waals surface area contributed by atoms with Crippen LogP contribution in [0.3, 0.4) is 0 Å². The van der Waals surface area contributed by atoms with Gasteiger partial charge in [0.05, 0.1) is 11.4 Å². The zero-order valence-electron chi connectivity index (χ0n) is 18.9. The van der Waals surface area contributed by atoms with Gasteiger partial charge in [-0.1, -0.05) is 51.9 Å². The Morgan fingerprint density at radius 3 is 2.32 bits per heavy atom. The minimum atomic E-state index is -3.55. The van der Waals surface area contributed by atoms with E-state index in [0.29, 0.717) is 48.5 Å². The number of nitrogens with one attached hydrogen (secondary N) is 1. The number of hydrogen-bond donors (Lipinski definition) is 1. The molecule has 8 nitrogen and oxygen atoms in total. The van der Waals surface area contributed by atoms with Gasteiger partial charge in [0.2, 0.25) is 21.8 Å². The van der Waals surface area contributed by atoms with Gasteiger partial charge < -0.3 is 9.84 Å². The molecule has 2 heterocycles. The van der Waals surface area contributed by atoms with Crippen molar-refractivity contribution in [1.82, 2.24) is 19.8 Å². The van der Waals surface area contributed by atoms with Crippen molar-refractivity contribution < 1.29 is 17.7 Å². The minimum Gasteiger partial charge on any atom is -0.348 e. The average Bonchev–Trinajstić information content (AvgIpc) is 3.22. The Balaban J connectivity index is 1.53. The van der Waals surface area contributed by atoms with Crippen molar-refractivity contribution >= 4 is 15.9 Å². The molecule has 1 aliphatic heterocycles. The van der Waals surface area contributed by atoms with E-state index in [1.165, 1.54) is 4.31 Å². The number of nitrogens with zero attached hydrogens (tertiary/aromatic N) is 3. The van der Waals surface area contributed by atoms with E-state index in [1.807, 2.05) is 32.9 Å². The van der Waals surface area contributed by atoms with Crippen LogP contribution in [0, 0.1) is 5.92 Å². The molecule has 2 aromatic rings. The maximum atomic E-state index is 12.9. The molecule has 0 saturated carbocycles. The van der Waals surface area contributed by atoms with Crippen molar-refractivity contribution in [3.63, 3.8) is 0 Å². The lowest BCUT2D eigenvalue weighted by molar-refractivity contribution is -0.126. The first-order valence-corrected chi connectivity index (χ1v) is 12.1. The molecule has 1 amide bonds. The quantitative estimate of drug-likeness (QED) is 0.727. The predicted molar refractivity (Wildman–Crippen MR) is 117 cm³/mol. The van der Waals surface area contributed by atoms with Crippen molar-refractivity contribution in [2.24, 2.45) is 5.92 Å². The molecular formula is C22H32N4O4S. The van der Waals surface area contributed by atoms with Crippen LogP contribution in [-0.4, -0.2) is 41.9 Å². The zero-order valence-corrected chi connectivity index (χ0v) is 19.7. The van der Waals surface area contributed by atoms with Crippen molar-refractivity contribution in [1.29, 1.82) is 0 Å². The third kappa shape index (κ3) is 5.51. The third-order valence-corrected chi connectivity index (χ3v) is 7.45. The second-order valence-corrected chi connectivity index (χ2v) is 11.3. The number of benzene rings is 1. The van der Waals surface area contributed by atoms with Gasteiger partial charge in [-0.25, -0.2) is 8.42 Å². The monoisotopic (exact) mass is 448 g/mol. The summed E-state index contributed by atoms with van der Waals surface area (Å²) in [4.78, 5) is 17.1. The van der Waals surface area contributed by atoms with Crippen LogP contribution in [-0.2, 0) is 26.8 Å². The molecule has 0 spiro atoms. The van der Waals surface area contributed by atoms with E-state index in [0.717, 1.165) is 5.56 Å². The summed E-state index contributed by atoms with van der Waals surface area (Å²) in [5, 5.41) is 6.75. The van der Waals surface area contributed by atoms with Crippen LogP contribution >= 0.6 is 0 Å². The van der Waals surface area contributed by atoms with E-state index < -0.39 is 10.0 Å². The number of carbonyl (C=O) groups is 1. The number of piperidine rings is 1. The van der Waals surface area contributed by atoms with Crippen molar-refractivity contribution in [2.75, 3.05) is 13.1 Å². The van der Waals surface area contributed by atoms with E-state index in [-0.39, 0.29) is 23.8 Å². The number of amides is 1.